The summed E-state index contributed by atoms with van der Waals surface area (Å²) < 4.78 is 5.27. The molecule has 0 bridgehead atoms. The van der Waals surface area contributed by atoms with E-state index in [0.29, 0.717) is 21.5 Å². The number of benzene rings is 2. The molecule has 1 aliphatic heterocycles. The highest BCUT2D eigenvalue weighted by Crippen LogP contribution is 2.31. The number of aliphatic imine (C=N–C) groups is 1. The summed E-state index contributed by atoms with van der Waals surface area (Å²) in [5.74, 6) is 0.521. The number of hydrogen-bond acceptors (Lipinski definition) is 4. The van der Waals surface area contributed by atoms with Crippen molar-refractivity contribution in [2.24, 2.45) is 4.99 Å². The van der Waals surface area contributed by atoms with Gasteiger partial charge in [0.2, 0.25) is 0 Å². The third-order valence-electron chi connectivity index (χ3n) is 3.29. The number of hydrogen-bond donors (Lipinski definition) is 1. The molecule has 4 nitrogen and oxygen atoms in total. The van der Waals surface area contributed by atoms with Crippen molar-refractivity contribution in [3.05, 3.63) is 77.2 Å². The minimum atomic E-state index is -0.147. The summed E-state index contributed by atoms with van der Waals surface area (Å²) >= 11 is 1.31. The molecule has 0 aromatic heterocycles. The van der Waals surface area contributed by atoms with E-state index in [1.54, 1.807) is 13.2 Å². The summed E-state index contributed by atoms with van der Waals surface area (Å²) in [6, 6.07) is 17.4. The number of thioether (sulfide) groups is 1. The molecule has 0 aliphatic carbocycles. The second kappa shape index (κ2) is 7.66. The van der Waals surface area contributed by atoms with Crippen LogP contribution < -0.4 is 10.1 Å². The molecule has 5 heteroatoms. The van der Waals surface area contributed by atoms with Gasteiger partial charge in [0.15, 0.2) is 5.17 Å². The van der Waals surface area contributed by atoms with Gasteiger partial charge in [-0.2, -0.15) is 0 Å². The maximum atomic E-state index is 12.0. The summed E-state index contributed by atoms with van der Waals surface area (Å²) in [5, 5.41) is 3.31. The first-order chi connectivity index (χ1) is 11.8. The lowest BCUT2D eigenvalue weighted by atomic mass is 10.2. The Balaban J connectivity index is 1.75. The van der Waals surface area contributed by atoms with Gasteiger partial charge in [-0.15, -0.1) is 0 Å². The molecule has 1 saturated heterocycles. The van der Waals surface area contributed by atoms with Crippen molar-refractivity contribution in [3.63, 3.8) is 0 Å². The Morgan fingerprint density at radius 2 is 1.83 bits per heavy atom. The molecule has 0 saturated carbocycles. The van der Waals surface area contributed by atoms with Crippen molar-refractivity contribution in [1.29, 1.82) is 0 Å². The maximum Gasteiger partial charge on any atom is 0.264 e. The first kappa shape index (κ1) is 16.1. The van der Waals surface area contributed by atoms with Crippen LogP contribution in [0.25, 0.3) is 6.08 Å². The molecule has 0 atom stereocenters. The van der Waals surface area contributed by atoms with Gasteiger partial charge in [0.1, 0.15) is 11.4 Å². The smallest absolute Gasteiger partial charge is 0.264 e. The van der Waals surface area contributed by atoms with Crippen LogP contribution >= 0.6 is 11.8 Å². The summed E-state index contributed by atoms with van der Waals surface area (Å²) in [4.78, 5) is 17.1. The minimum Gasteiger partial charge on any atom is -0.494 e. The van der Waals surface area contributed by atoms with E-state index in [-0.39, 0.29) is 5.91 Å². The topological polar surface area (TPSA) is 50.7 Å². The van der Waals surface area contributed by atoms with E-state index < -0.39 is 0 Å². The van der Waals surface area contributed by atoms with E-state index in [1.807, 2.05) is 66.7 Å². The largest absolute Gasteiger partial charge is 0.494 e. The molecule has 1 N–H and O–H groups in total. The summed E-state index contributed by atoms with van der Waals surface area (Å²) in [5.41, 5.74) is 1.77. The van der Waals surface area contributed by atoms with Crippen molar-refractivity contribution in [2.45, 2.75) is 0 Å². The predicted molar refractivity (Wildman–Crippen MR) is 99.4 cm³/mol. The van der Waals surface area contributed by atoms with E-state index in [0.717, 1.165) is 5.56 Å². The molecule has 2 aromatic carbocycles. The number of allylic oxidation sites excluding steroid dienone is 2. The van der Waals surface area contributed by atoms with Crippen LogP contribution in [0.2, 0.25) is 0 Å². The molecule has 0 spiro atoms. The van der Waals surface area contributed by atoms with E-state index in [2.05, 4.69) is 10.3 Å². The summed E-state index contributed by atoms with van der Waals surface area (Å²) in [6.07, 6.45) is 5.61. The number of nitrogens with one attached hydrogen (secondary N) is 1. The zero-order valence-corrected chi connectivity index (χ0v) is 13.9. The molecule has 0 unspecified atom stereocenters. The standard InChI is InChI=1S/C19H16N2O2S/c1-23-16-12-6-5-11-15(16)20-19-21-18(22)17(24-19)13-7-10-14-8-3-2-4-9-14/h2-13H,1H3,(H,20,21,22)/b10-7+,17-13-. The number of para-hydroxylation sites is 2. The molecule has 0 radical (unpaired) electrons. The molecule has 3 rings (SSSR count). The SMILES string of the molecule is COc1ccccc1N=C1NC(=O)/C(=C/C=C/c2ccccc2)S1. The predicted octanol–water partition coefficient (Wildman–Crippen LogP) is 4.14. The van der Waals surface area contributed by atoms with Crippen molar-refractivity contribution in [3.8, 4) is 5.75 Å². The Bertz CT molecular complexity index is 826. The Kier molecular flexibility index (Phi) is 5.13. The molecular formula is C19H16N2O2S. The van der Waals surface area contributed by atoms with E-state index in [9.17, 15) is 4.79 Å². The molecular weight excluding hydrogens is 320 g/mol. The molecule has 1 heterocycles. The summed E-state index contributed by atoms with van der Waals surface area (Å²) in [7, 11) is 1.60. The van der Waals surface area contributed by atoms with E-state index in [1.165, 1.54) is 11.8 Å². The Morgan fingerprint density at radius 3 is 2.62 bits per heavy atom. The van der Waals surface area contributed by atoms with Crippen LogP contribution in [0, 0.1) is 0 Å². The van der Waals surface area contributed by atoms with Crippen molar-refractivity contribution >= 4 is 34.6 Å². The van der Waals surface area contributed by atoms with Crippen molar-refractivity contribution in [2.75, 3.05) is 7.11 Å². The van der Waals surface area contributed by atoms with Crippen LogP contribution in [0.1, 0.15) is 5.56 Å². The first-order valence-corrected chi connectivity index (χ1v) is 8.22. The van der Waals surface area contributed by atoms with Crippen molar-refractivity contribution < 1.29 is 9.53 Å². The number of carbonyl (C=O) groups excluding carboxylic acids is 1. The van der Waals surface area contributed by atoms with Crippen LogP contribution in [0.15, 0.2) is 76.6 Å². The third kappa shape index (κ3) is 3.94. The van der Waals surface area contributed by atoms with Crippen LogP contribution in [0.5, 0.6) is 5.75 Å². The van der Waals surface area contributed by atoms with Crippen LogP contribution in [0.4, 0.5) is 5.69 Å². The zero-order chi connectivity index (χ0) is 16.8. The average molecular weight is 336 g/mol. The minimum absolute atomic E-state index is 0.147. The monoisotopic (exact) mass is 336 g/mol. The fourth-order valence-electron chi connectivity index (χ4n) is 2.14. The average Bonchev–Trinajstić information content (AvgIpc) is 2.96. The van der Waals surface area contributed by atoms with E-state index >= 15 is 0 Å². The van der Waals surface area contributed by atoms with Gasteiger partial charge in [-0.25, -0.2) is 4.99 Å². The second-order valence-corrected chi connectivity index (χ2v) is 5.98. The highest BCUT2D eigenvalue weighted by atomic mass is 32.2. The Hall–Kier alpha value is -2.79. The number of amidine groups is 1. The molecule has 1 aliphatic rings. The number of nitrogens with zero attached hydrogens (tertiary/aromatic N) is 1. The van der Waals surface area contributed by atoms with Gasteiger partial charge in [0.05, 0.1) is 12.0 Å². The van der Waals surface area contributed by atoms with E-state index in [4.69, 9.17) is 4.74 Å². The number of rotatable bonds is 4. The normalized spacial score (nSPS) is 17.6. The van der Waals surface area contributed by atoms with Gasteiger partial charge in [0.25, 0.3) is 5.91 Å². The van der Waals surface area contributed by atoms with Crippen molar-refractivity contribution in [1.82, 2.24) is 5.32 Å². The zero-order valence-electron chi connectivity index (χ0n) is 13.1. The fraction of sp³-hybridized carbons (Fsp3) is 0.0526. The van der Waals surface area contributed by atoms with Gasteiger partial charge in [-0.05, 0) is 35.5 Å². The quantitative estimate of drug-likeness (QED) is 0.854. The van der Waals surface area contributed by atoms with Gasteiger partial charge in [-0.3, -0.25) is 4.79 Å². The molecule has 1 fully saturated rings. The lowest BCUT2D eigenvalue weighted by Crippen LogP contribution is -2.19. The molecule has 1 amide bonds. The fourth-order valence-corrected chi connectivity index (χ4v) is 2.92. The number of ether oxygens (including phenoxy) is 1. The Morgan fingerprint density at radius 1 is 1.08 bits per heavy atom. The molecule has 24 heavy (non-hydrogen) atoms. The highest BCUT2D eigenvalue weighted by molar-refractivity contribution is 8.18. The highest BCUT2D eigenvalue weighted by Gasteiger charge is 2.23. The third-order valence-corrected chi connectivity index (χ3v) is 4.22. The van der Waals surface area contributed by atoms with Crippen LogP contribution in [-0.2, 0) is 4.79 Å². The van der Waals surface area contributed by atoms with Gasteiger partial charge >= 0.3 is 0 Å². The van der Waals surface area contributed by atoms with Gasteiger partial charge in [0, 0.05) is 0 Å². The maximum absolute atomic E-state index is 12.0. The lowest BCUT2D eigenvalue weighted by molar-refractivity contribution is -0.115. The number of carbonyl (C=O) groups is 1. The first-order valence-electron chi connectivity index (χ1n) is 7.40. The number of methoxy groups -OCH3 is 1. The Labute approximate surface area is 145 Å². The molecule has 2 aromatic rings. The molecule has 120 valence electrons. The second-order valence-electron chi connectivity index (χ2n) is 4.95. The number of amides is 1. The van der Waals surface area contributed by atoms with Crippen LogP contribution in [0.3, 0.4) is 0 Å². The van der Waals surface area contributed by atoms with Crippen LogP contribution in [-0.4, -0.2) is 18.2 Å². The van der Waals surface area contributed by atoms with Gasteiger partial charge < -0.3 is 10.1 Å². The van der Waals surface area contributed by atoms with Gasteiger partial charge in [-0.1, -0.05) is 54.6 Å². The lowest BCUT2D eigenvalue weighted by Gasteiger charge is -2.03. The summed E-state index contributed by atoms with van der Waals surface area (Å²) in [6.45, 7) is 0.